The van der Waals surface area contributed by atoms with Crippen LogP contribution in [0.5, 0.6) is 5.75 Å². The molecule has 2 heterocycles. The summed E-state index contributed by atoms with van der Waals surface area (Å²) in [7, 11) is 0. The van der Waals surface area contributed by atoms with E-state index in [0.29, 0.717) is 36.0 Å². The first kappa shape index (κ1) is 25.0. The van der Waals surface area contributed by atoms with Gasteiger partial charge in [-0.3, -0.25) is 4.79 Å². The van der Waals surface area contributed by atoms with Crippen LogP contribution in [0.4, 0.5) is 14.9 Å². The number of rotatable bonds is 8. The molecule has 0 saturated carbocycles. The van der Waals surface area contributed by atoms with Crippen molar-refractivity contribution in [1.82, 2.24) is 9.80 Å². The maximum absolute atomic E-state index is 13.5. The number of carbonyl (C=O) groups is 2. The molecule has 9 heteroatoms. The standard InChI is InChI=1S/C26H27ClFN3O3S/c1-2-12-30(26(33)29-20-5-3-4-18(27)15-20)16-25(32)31-13-10-24-22(11-14-35-24)23(31)17-34-21-8-6-19(28)7-9-21/h3-9,11,14-15,23H,2,10,12-13,16-17H2,1H3,(H,29,33)/t23-/m0/s1. The predicted octanol–water partition coefficient (Wildman–Crippen LogP) is 5.99. The van der Waals surface area contributed by atoms with Gasteiger partial charge in [0.25, 0.3) is 0 Å². The zero-order chi connectivity index (χ0) is 24.8. The molecule has 4 rings (SSSR count). The minimum Gasteiger partial charge on any atom is -0.491 e. The van der Waals surface area contributed by atoms with Crippen LogP contribution < -0.4 is 10.1 Å². The fraction of sp³-hybridized carbons (Fsp3) is 0.308. The number of nitrogens with one attached hydrogen (secondary N) is 1. The molecule has 1 atom stereocenters. The van der Waals surface area contributed by atoms with Gasteiger partial charge < -0.3 is 19.9 Å². The predicted molar refractivity (Wildman–Crippen MR) is 137 cm³/mol. The first-order chi connectivity index (χ1) is 16.9. The summed E-state index contributed by atoms with van der Waals surface area (Å²) in [5.41, 5.74) is 1.63. The third kappa shape index (κ3) is 6.32. The van der Waals surface area contributed by atoms with Gasteiger partial charge in [0.2, 0.25) is 5.91 Å². The van der Waals surface area contributed by atoms with E-state index in [4.69, 9.17) is 16.3 Å². The third-order valence-electron chi connectivity index (χ3n) is 5.82. The van der Waals surface area contributed by atoms with E-state index in [1.807, 2.05) is 18.4 Å². The Kier molecular flexibility index (Phi) is 8.25. The maximum atomic E-state index is 13.5. The van der Waals surface area contributed by atoms with Crippen LogP contribution in [0.3, 0.4) is 0 Å². The van der Waals surface area contributed by atoms with E-state index in [9.17, 15) is 14.0 Å². The number of halogens is 2. The number of anilines is 1. The lowest BCUT2D eigenvalue weighted by Gasteiger charge is -2.37. The lowest BCUT2D eigenvalue weighted by atomic mass is 10.0. The maximum Gasteiger partial charge on any atom is 0.322 e. The Balaban J connectivity index is 1.47. The van der Waals surface area contributed by atoms with E-state index in [1.54, 1.807) is 52.6 Å². The lowest BCUT2D eigenvalue weighted by Crippen LogP contribution is -2.48. The van der Waals surface area contributed by atoms with Crippen LogP contribution in [-0.2, 0) is 11.2 Å². The third-order valence-corrected chi connectivity index (χ3v) is 7.05. The number of thiophene rings is 1. The van der Waals surface area contributed by atoms with Crippen LogP contribution in [-0.4, -0.2) is 48.0 Å². The Bertz CT molecular complexity index is 1170. The van der Waals surface area contributed by atoms with Crippen molar-refractivity contribution in [2.45, 2.75) is 25.8 Å². The molecular formula is C26H27ClFN3O3S. The Morgan fingerprint density at radius 3 is 2.77 bits per heavy atom. The molecule has 0 radical (unpaired) electrons. The highest BCUT2D eigenvalue weighted by molar-refractivity contribution is 7.10. The van der Waals surface area contributed by atoms with Crippen molar-refractivity contribution in [3.05, 3.63) is 81.3 Å². The minimum absolute atomic E-state index is 0.0489. The molecule has 35 heavy (non-hydrogen) atoms. The first-order valence-electron chi connectivity index (χ1n) is 11.5. The number of benzene rings is 2. The van der Waals surface area contributed by atoms with Crippen molar-refractivity contribution in [2.24, 2.45) is 0 Å². The average molecular weight is 516 g/mol. The van der Waals surface area contributed by atoms with Gasteiger partial charge in [-0.2, -0.15) is 0 Å². The molecule has 0 saturated heterocycles. The SMILES string of the molecule is CCCN(CC(=O)N1CCc2sccc2[C@@H]1COc1ccc(F)cc1)C(=O)Nc1cccc(Cl)c1. The Hall–Kier alpha value is -3.10. The van der Waals surface area contributed by atoms with Gasteiger partial charge in [-0.15, -0.1) is 11.3 Å². The number of hydrogen-bond acceptors (Lipinski definition) is 4. The van der Waals surface area contributed by atoms with Gasteiger partial charge in [0.1, 0.15) is 24.7 Å². The van der Waals surface area contributed by atoms with Gasteiger partial charge in [0.15, 0.2) is 0 Å². The molecule has 3 amide bonds. The monoisotopic (exact) mass is 515 g/mol. The lowest BCUT2D eigenvalue weighted by molar-refractivity contribution is -0.135. The highest BCUT2D eigenvalue weighted by Crippen LogP contribution is 2.34. The van der Waals surface area contributed by atoms with Crippen molar-refractivity contribution in [3.8, 4) is 5.75 Å². The second kappa shape index (κ2) is 11.6. The topological polar surface area (TPSA) is 61.9 Å². The second-order valence-electron chi connectivity index (χ2n) is 8.28. The van der Waals surface area contributed by atoms with Crippen LogP contribution in [0.2, 0.25) is 5.02 Å². The molecule has 3 aromatic rings. The summed E-state index contributed by atoms with van der Waals surface area (Å²) in [5, 5.41) is 5.37. The summed E-state index contributed by atoms with van der Waals surface area (Å²) < 4.78 is 19.2. The normalized spacial score (nSPS) is 14.8. The van der Waals surface area contributed by atoms with Gasteiger partial charge in [-0.1, -0.05) is 24.6 Å². The summed E-state index contributed by atoms with van der Waals surface area (Å²) >= 11 is 7.70. The zero-order valence-electron chi connectivity index (χ0n) is 19.4. The summed E-state index contributed by atoms with van der Waals surface area (Å²) in [4.78, 5) is 31.0. The molecule has 2 aromatic carbocycles. The largest absolute Gasteiger partial charge is 0.491 e. The molecule has 0 aliphatic carbocycles. The number of amides is 3. The van der Waals surface area contributed by atoms with Gasteiger partial charge in [0, 0.05) is 28.7 Å². The highest BCUT2D eigenvalue weighted by Gasteiger charge is 2.33. The van der Waals surface area contributed by atoms with E-state index in [1.165, 1.54) is 21.9 Å². The Morgan fingerprint density at radius 1 is 1.23 bits per heavy atom. The average Bonchev–Trinajstić information content (AvgIpc) is 3.32. The minimum atomic E-state index is -0.352. The number of fused-ring (bicyclic) bond motifs is 1. The van der Waals surface area contributed by atoms with E-state index >= 15 is 0 Å². The molecule has 1 aliphatic heterocycles. The number of nitrogens with zero attached hydrogens (tertiary/aromatic N) is 2. The molecule has 0 unspecified atom stereocenters. The number of carbonyl (C=O) groups excluding carboxylic acids is 2. The summed E-state index contributed by atoms with van der Waals surface area (Å²) in [6, 6.07) is 14.1. The van der Waals surface area contributed by atoms with Crippen LogP contribution in [0, 0.1) is 5.82 Å². The second-order valence-corrected chi connectivity index (χ2v) is 9.72. The van der Waals surface area contributed by atoms with Gasteiger partial charge in [-0.25, -0.2) is 9.18 Å². The molecule has 0 fully saturated rings. The fourth-order valence-electron chi connectivity index (χ4n) is 4.13. The number of ether oxygens (including phenoxy) is 1. The molecular weight excluding hydrogens is 489 g/mol. The van der Waals surface area contributed by atoms with Crippen molar-refractivity contribution in [2.75, 3.05) is 31.6 Å². The van der Waals surface area contributed by atoms with E-state index in [-0.39, 0.29) is 36.9 Å². The summed E-state index contributed by atoms with van der Waals surface area (Å²) in [6.07, 6.45) is 1.47. The molecule has 1 aromatic heterocycles. The molecule has 0 bridgehead atoms. The van der Waals surface area contributed by atoms with Crippen molar-refractivity contribution in [3.63, 3.8) is 0 Å². The highest BCUT2D eigenvalue weighted by atomic mass is 35.5. The summed E-state index contributed by atoms with van der Waals surface area (Å²) in [6.45, 7) is 3.13. The van der Waals surface area contributed by atoms with Crippen LogP contribution in [0.25, 0.3) is 0 Å². The van der Waals surface area contributed by atoms with E-state index in [0.717, 1.165) is 12.0 Å². The quantitative estimate of drug-likeness (QED) is 0.401. The van der Waals surface area contributed by atoms with E-state index in [2.05, 4.69) is 5.32 Å². The van der Waals surface area contributed by atoms with Crippen LogP contribution in [0.15, 0.2) is 60.0 Å². The van der Waals surface area contributed by atoms with Crippen LogP contribution in [0.1, 0.15) is 29.8 Å². The molecule has 1 aliphatic rings. The Morgan fingerprint density at radius 2 is 2.03 bits per heavy atom. The number of hydrogen-bond donors (Lipinski definition) is 1. The smallest absolute Gasteiger partial charge is 0.322 e. The Labute approximate surface area is 213 Å². The van der Waals surface area contributed by atoms with Gasteiger partial charge in [0.05, 0.1) is 6.04 Å². The zero-order valence-corrected chi connectivity index (χ0v) is 20.9. The van der Waals surface area contributed by atoms with Crippen LogP contribution >= 0.6 is 22.9 Å². The molecule has 0 spiro atoms. The summed E-state index contributed by atoms with van der Waals surface area (Å²) in [5.74, 6) is 0.0536. The van der Waals surface area contributed by atoms with Crippen molar-refractivity contribution < 1.29 is 18.7 Å². The molecule has 6 nitrogen and oxygen atoms in total. The first-order valence-corrected chi connectivity index (χ1v) is 12.8. The number of urea groups is 1. The van der Waals surface area contributed by atoms with Gasteiger partial charge >= 0.3 is 6.03 Å². The molecule has 184 valence electrons. The van der Waals surface area contributed by atoms with E-state index < -0.39 is 0 Å². The van der Waals surface area contributed by atoms with Crippen molar-refractivity contribution in [1.29, 1.82) is 0 Å². The van der Waals surface area contributed by atoms with Gasteiger partial charge in [-0.05, 0) is 72.3 Å². The fourth-order valence-corrected chi connectivity index (χ4v) is 5.24. The van der Waals surface area contributed by atoms with Crippen molar-refractivity contribution >= 4 is 40.6 Å². The molecule has 1 N–H and O–H groups in total.